The molecule has 0 radical (unpaired) electrons. The Hall–Kier alpha value is -2.58. The molecule has 3 rings (SSSR count). The first-order chi connectivity index (χ1) is 14.2. The predicted octanol–water partition coefficient (Wildman–Crippen LogP) is 4.11. The molecule has 2 N–H and O–H groups in total. The lowest BCUT2D eigenvalue weighted by Crippen LogP contribution is -2.45. The first-order valence-electron chi connectivity index (χ1n) is 9.93. The van der Waals surface area contributed by atoms with Crippen molar-refractivity contribution in [2.45, 2.75) is 26.6 Å². The molecule has 1 heterocycles. The molecule has 1 amide bonds. The molecule has 0 bridgehead atoms. The first-order valence-corrected chi connectivity index (χ1v) is 9.93. The van der Waals surface area contributed by atoms with Crippen molar-refractivity contribution in [3.8, 4) is 5.75 Å². The minimum Gasteiger partial charge on any atom is -0.508 e. The molecule has 0 atom stereocenters. The molecule has 0 saturated carbocycles. The van der Waals surface area contributed by atoms with Crippen LogP contribution in [-0.2, 0) is 12.7 Å². The highest BCUT2D eigenvalue weighted by atomic mass is 19.4. The number of hydrogen-bond donors (Lipinski definition) is 2. The van der Waals surface area contributed by atoms with Gasteiger partial charge in [0.1, 0.15) is 5.75 Å². The van der Waals surface area contributed by atoms with Gasteiger partial charge in [-0.05, 0) is 48.9 Å². The minimum absolute atomic E-state index is 0.0443. The number of rotatable bonds is 5. The van der Waals surface area contributed by atoms with Crippen LogP contribution in [0.5, 0.6) is 5.75 Å². The number of nitrogens with zero attached hydrogens (tertiary/aromatic N) is 2. The number of alkyl halides is 3. The van der Waals surface area contributed by atoms with E-state index in [9.17, 15) is 23.1 Å². The van der Waals surface area contributed by atoms with E-state index in [1.54, 1.807) is 13.0 Å². The Morgan fingerprint density at radius 2 is 1.73 bits per heavy atom. The molecule has 1 aliphatic rings. The zero-order valence-electron chi connectivity index (χ0n) is 17.1. The molecular weight excluding hydrogens is 395 g/mol. The number of anilines is 1. The van der Waals surface area contributed by atoms with Gasteiger partial charge in [-0.25, -0.2) is 0 Å². The number of carbonyl (C=O) groups is 1. The molecule has 0 aliphatic carbocycles. The summed E-state index contributed by atoms with van der Waals surface area (Å²) in [6.07, 6.45) is -4.52. The van der Waals surface area contributed by atoms with Crippen LogP contribution in [0.2, 0.25) is 0 Å². The topological polar surface area (TPSA) is 55.8 Å². The highest BCUT2D eigenvalue weighted by molar-refractivity contribution is 6.04. The predicted molar refractivity (Wildman–Crippen MR) is 110 cm³/mol. The maximum atomic E-state index is 13.7. The van der Waals surface area contributed by atoms with Crippen LogP contribution < -0.4 is 5.32 Å². The van der Waals surface area contributed by atoms with Crippen molar-refractivity contribution in [2.24, 2.45) is 0 Å². The monoisotopic (exact) mass is 421 g/mol. The standard InChI is InChI=1S/C22H26F3N3O2/c1-3-27-8-10-28(11-9-27)14-17-6-7-18(13-19(17)22(23,24)25)26-21(30)16-5-4-15(2)20(29)12-16/h4-7,12-13,29H,3,8-11,14H2,1-2H3,(H,26,30). The van der Waals surface area contributed by atoms with E-state index in [1.165, 1.54) is 24.3 Å². The fraction of sp³-hybridized carbons (Fsp3) is 0.409. The number of aryl methyl sites for hydroxylation is 1. The van der Waals surface area contributed by atoms with Crippen molar-refractivity contribution >= 4 is 11.6 Å². The lowest BCUT2D eigenvalue weighted by Gasteiger charge is -2.34. The van der Waals surface area contributed by atoms with E-state index >= 15 is 0 Å². The van der Waals surface area contributed by atoms with Gasteiger partial charge in [-0.2, -0.15) is 13.2 Å². The number of hydrogen-bond acceptors (Lipinski definition) is 4. The second-order valence-electron chi connectivity index (χ2n) is 7.54. The summed E-state index contributed by atoms with van der Waals surface area (Å²) < 4.78 is 41.1. The molecule has 30 heavy (non-hydrogen) atoms. The summed E-state index contributed by atoms with van der Waals surface area (Å²) in [6.45, 7) is 8.04. The van der Waals surface area contributed by atoms with Gasteiger partial charge < -0.3 is 15.3 Å². The highest BCUT2D eigenvalue weighted by Crippen LogP contribution is 2.34. The largest absolute Gasteiger partial charge is 0.508 e. The minimum atomic E-state index is -4.52. The van der Waals surface area contributed by atoms with Crippen LogP contribution in [0.25, 0.3) is 0 Å². The van der Waals surface area contributed by atoms with E-state index in [0.29, 0.717) is 5.56 Å². The van der Waals surface area contributed by atoms with Gasteiger partial charge in [0.25, 0.3) is 5.91 Å². The van der Waals surface area contributed by atoms with Gasteiger partial charge in [0, 0.05) is 44.0 Å². The number of carbonyl (C=O) groups excluding carboxylic acids is 1. The van der Waals surface area contributed by atoms with Gasteiger partial charge in [-0.1, -0.05) is 19.1 Å². The van der Waals surface area contributed by atoms with E-state index in [1.807, 2.05) is 4.90 Å². The van der Waals surface area contributed by atoms with Crippen LogP contribution in [0.15, 0.2) is 36.4 Å². The van der Waals surface area contributed by atoms with Crippen LogP contribution in [0.1, 0.15) is 34.0 Å². The summed E-state index contributed by atoms with van der Waals surface area (Å²) >= 11 is 0. The molecule has 2 aromatic carbocycles. The molecule has 0 aromatic heterocycles. The Bertz CT molecular complexity index is 907. The van der Waals surface area contributed by atoms with Crippen LogP contribution in [0.3, 0.4) is 0 Å². The van der Waals surface area contributed by atoms with Crippen molar-refractivity contribution in [3.63, 3.8) is 0 Å². The Kier molecular flexibility index (Phi) is 6.67. The van der Waals surface area contributed by atoms with Gasteiger partial charge in [-0.15, -0.1) is 0 Å². The summed E-state index contributed by atoms with van der Waals surface area (Å²) in [4.78, 5) is 16.7. The summed E-state index contributed by atoms with van der Waals surface area (Å²) in [7, 11) is 0. The van der Waals surface area contributed by atoms with Crippen molar-refractivity contribution < 1.29 is 23.1 Å². The Morgan fingerprint density at radius 1 is 1.07 bits per heavy atom. The molecular formula is C22H26F3N3O2. The van der Waals surface area contributed by atoms with Gasteiger partial charge in [0.05, 0.1) is 5.56 Å². The Morgan fingerprint density at radius 3 is 2.33 bits per heavy atom. The third-order valence-electron chi connectivity index (χ3n) is 5.45. The molecule has 5 nitrogen and oxygen atoms in total. The second kappa shape index (κ2) is 9.06. The van der Waals surface area contributed by atoms with E-state index in [-0.39, 0.29) is 29.1 Å². The van der Waals surface area contributed by atoms with Crippen molar-refractivity contribution in [1.29, 1.82) is 0 Å². The normalized spacial score (nSPS) is 15.9. The van der Waals surface area contributed by atoms with Crippen molar-refractivity contribution in [1.82, 2.24) is 9.80 Å². The lowest BCUT2D eigenvalue weighted by molar-refractivity contribution is -0.138. The van der Waals surface area contributed by atoms with Crippen molar-refractivity contribution in [3.05, 3.63) is 58.7 Å². The van der Waals surface area contributed by atoms with Gasteiger partial charge >= 0.3 is 6.18 Å². The number of phenolic OH excluding ortho intramolecular Hbond substituents is 1. The maximum Gasteiger partial charge on any atom is 0.416 e. The molecule has 2 aromatic rings. The average molecular weight is 421 g/mol. The number of halogens is 3. The second-order valence-corrected chi connectivity index (χ2v) is 7.54. The van der Waals surface area contributed by atoms with Crippen molar-refractivity contribution in [2.75, 3.05) is 38.0 Å². The fourth-order valence-electron chi connectivity index (χ4n) is 3.51. The van der Waals surface area contributed by atoms with Gasteiger partial charge in [-0.3, -0.25) is 9.69 Å². The van der Waals surface area contributed by atoms with Crippen LogP contribution >= 0.6 is 0 Å². The lowest BCUT2D eigenvalue weighted by atomic mass is 10.0. The third kappa shape index (κ3) is 5.31. The van der Waals surface area contributed by atoms with E-state index in [0.717, 1.165) is 38.8 Å². The van der Waals surface area contributed by atoms with E-state index in [4.69, 9.17) is 0 Å². The zero-order valence-corrected chi connectivity index (χ0v) is 17.1. The van der Waals surface area contributed by atoms with Crippen LogP contribution in [0, 0.1) is 6.92 Å². The number of likely N-dealkylation sites (N-methyl/N-ethyl adjacent to an activating group) is 1. The summed E-state index contributed by atoms with van der Waals surface area (Å²) in [5.41, 5.74) is 0.287. The van der Waals surface area contributed by atoms with Crippen LogP contribution in [-0.4, -0.2) is 53.5 Å². The number of nitrogens with one attached hydrogen (secondary N) is 1. The number of benzene rings is 2. The summed E-state index contributed by atoms with van der Waals surface area (Å²) in [5.74, 6) is -0.626. The number of aromatic hydroxyl groups is 1. The highest BCUT2D eigenvalue weighted by Gasteiger charge is 2.34. The average Bonchev–Trinajstić information content (AvgIpc) is 2.71. The number of amides is 1. The smallest absolute Gasteiger partial charge is 0.416 e. The first kappa shape index (κ1) is 22.1. The SMILES string of the molecule is CCN1CCN(Cc2ccc(NC(=O)c3ccc(C)c(O)c3)cc2C(F)(F)F)CC1. The van der Waals surface area contributed by atoms with Gasteiger partial charge in [0.2, 0.25) is 0 Å². The quantitative estimate of drug-likeness (QED) is 0.763. The Labute approximate surface area is 174 Å². The molecule has 162 valence electrons. The summed E-state index contributed by atoms with van der Waals surface area (Å²) in [5, 5.41) is 12.2. The van der Waals surface area contributed by atoms with E-state index in [2.05, 4.69) is 17.1 Å². The van der Waals surface area contributed by atoms with E-state index < -0.39 is 17.6 Å². The number of piperazine rings is 1. The molecule has 1 saturated heterocycles. The number of phenols is 1. The Balaban J connectivity index is 1.77. The molecule has 0 unspecified atom stereocenters. The zero-order chi connectivity index (χ0) is 21.9. The molecule has 0 spiro atoms. The maximum absolute atomic E-state index is 13.7. The van der Waals surface area contributed by atoms with Gasteiger partial charge in [0.15, 0.2) is 0 Å². The molecule has 1 fully saturated rings. The summed E-state index contributed by atoms with van der Waals surface area (Å²) in [6, 6.07) is 8.27. The van der Waals surface area contributed by atoms with Crippen LogP contribution in [0.4, 0.5) is 18.9 Å². The third-order valence-corrected chi connectivity index (χ3v) is 5.45. The molecule has 8 heteroatoms. The molecule has 1 aliphatic heterocycles. The fourth-order valence-corrected chi connectivity index (χ4v) is 3.51.